The molecular weight excluding hydrogens is 252 g/mol. The highest BCUT2D eigenvalue weighted by atomic mass is 32.1. The van der Waals surface area contributed by atoms with Gasteiger partial charge in [-0.2, -0.15) is 4.98 Å². The molecule has 0 atom stereocenters. The van der Waals surface area contributed by atoms with Gasteiger partial charge in [-0.15, -0.1) is 11.3 Å². The first-order valence-corrected chi connectivity index (χ1v) is 6.66. The molecule has 98 valence electrons. The van der Waals surface area contributed by atoms with Gasteiger partial charge in [0.05, 0.1) is 36.8 Å². The summed E-state index contributed by atoms with van der Waals surface area (Å²) in [7, 11) is 0. The highest BCUT2D eigenvalue weighted by Gasteiger charge is 2.08. The van der Waals surface area contributed by atoms with Crippen molar-refractivity contribution in [2.24, 2.45) is 5.73 Å². The first kappa shape index (κ1) is 13.1. The van der Waals surface area contributed by atoms with Crippen LogP contribution in [0.3, 0.4) is 0 Å². The van der Waals surface area contributed by atoms with Crippen molar-refractivity contribution in [3.63, 3.8) is 0 Å². The summed E-state index contributed by atoms with van der Waals surface area (Å²) in [6.07, 6.45) is 1.22. The number of hydrogen-bond donors (Lipinski definition) is 1. The average molecular weight is 268 g/mol. The van der Waals surface area contributed by atoms with Gasteiger partial charge in [0.1, 0.15) is 0 Å². The lowest BCUT2D eigenvalue weighted by molar-refractivity contribution is 0.138. The Bertz CT molecular complexity index is 483. The molecule has 2 N–H and O–H groups in total. The van der Waals surface area contributed by atoms with Crippen LogP contribution in [0.2, 0.25) is 0 Å². The number of rotatable bonds is 7. The third-order valence-corrected chi connectivity index (χ3v) is 3.06. The van der Waals surface area contributed by atoms with Crippen LogP contribution in [-0.2, 0) is 17.6 Å². The maximum absolute atomic E-state index is 5.32. The first-order chi connectivity index (χ1) is 8.78. The van der Waals surface area contributed by atoms with Crippen molar-refractivity contribution < 1.29 is 9.26 Å². The molecule has 0 saturated carbocycles. The Kier molecular flexibility index (Phi) is 4.80. The first-order valence-electron chi connectivity index (χ1n) is 5.78. The zero-order valence-corrected chi connectivity index (χ0v) is 11.1. The number of thiazole rings is 1. The van der Waals surface area contributed by atoms with E-state index in [0.717, 1.165) is 10.7 Å². The monoisotopic (exact) mass is 268 g/mol. The van der Waals surface area contributed by atoms with Crippen LogP contribution < -0.4 is 5.73 Å². The summed E-state index contributed by atoms with van der Waals surface area (Å²) in [4.78, 5) is 8.65. The van der Waals surface area contributed by atoms with Crippen LogP contribution in [0, 0.1) is 6.92 Å². The molecule has 0 fully saturated rings. The summed E-state index contributed by atoms with van der Waals surface area (Å²) in [5.74, 6) is 1.25. The number of aryl methyl sites for hydroxylation is 1. The molecule has 2 aromatic rings. The summed E-state index contributed by atoms with van der Waals surface area (Å²) >= 11 is 1.62. The predicted octanol–water partition coefficient (Wildman–Crippen LogP) is 0.943. The number of nitrogens with two attached hydrogens (primary N) is 1. The topological polar surface area (TPSA) is 87.1 Å². The molecule has 0 bridgehead atoms. The average Bonchev–Trinajstić information content (AvgIpc) is 2.95. The smallest absolute Gasteiger partial charge is 0.228 e. The Morgan fingerprint density at radius 2 is 2.28 bits per heavy atom. The molecule has 0 aliphatic rings. The maximum Gasteiger partial charge on any atom is 0.228 e. The Balaban J connectivity index is 1.82. The van der Waals surface area contributed by atoms with E-state index in [-0.39, 0.29) is 0 Å². The van der Waals surface area contributed by atoms with E-state index in [2.05, 4.69) is 15.1 Å². The van der Waals surface area contributed by atoms with Crippen molar-refractivity contribution in [2.75, 3.05) is 19.8 Å². The molecule has 0 saturated heterocycles. The molecule has 0 aliphatic heterocycles. The standard InChI is InChI=1S/C11H16N4O2S/c1-8-13-9(7-18-8)6-10-14-11(17-15-10)2-4-16-5-3-12/h7H,2-6,12H2,1H3. The lowest BCUT2D eigenvalue weighted by atomic mass is 10.3. The van der Waals surface area contributed by atoms with Gasteiger partial charge in [0.25, 0.3) is 0 Å². The SMILES string of the molecule is Cc1nc(Cc2noc(CCOCCN)n2)cs1. The molecule has 0 amide bonds. The van der Waals surface area contributed by atoms with E-state index in [1.165, 1.54) is 0 Å². The molecule has 0 unspecified atom stereocenters. The van der Waals surface area contributed by atoms with Crippen LogP contribution in [0.5, 0.6) is 0 Å². The fourth-order valence-corrected chi connectivity index (χ4v) is 2.07. The highest BCUT2D eigenvalue weighted by Crippen LogP contribution is 2.11. The van der Waals surface area contributed by atoms with Gasteiger partial charge in [-0.1, -0.05) is 5.16 Å². The second kappa shape index (κ2) is 6.58. The molecule has 6 nitrogen and oxygen atoms in total. The normalized spacial score (nSPS) is 11.0. The van der Waals surface area contributed by atoms with E-state index in [1.807, 2.05) is 12.3 Å². The van der Waals surface area contributed by atoms with E-state index < -0.39 is 0 Å². The van der Waals surface area contributed by atoms with Crippen LogP contribution in [0.15, 0.2) is 9.90 Å². The van der Waals surface area contributed by atoms with Crippen LogP contribution in [-0.4, -0.2) is 34.9 Å². The summed E-state index contributed by atoms with van der Waals surface area (Å²) in [5.41, 5.74) is 6.29. The maximum atomic E-state index is 5.32. The minimum absolute atomic E-state index is 0.526. The minimum Gasteiger partial charge on any atom is -0.380 e. The summed E-state index contributed by atoms with van der Waals surface area (Å²) < 4.78 is 10.4. The summed E-state index contributed by atoms with van der Waals surface area (Å²) in [5, 5.41) is 6.97. The highest BCUT2D eigenvalue weighted by molar-refractivity contribution is 7.09. The van der Waals surface area contributed by atoms with Crippen LogP contribution in [0.4, 0.5) is 0 Å². The molecule has 18 heavy (non-hydrogen) atoms. The quantitative estimate of drug-likeness (QED) is 0.752. The summed E-state index contributed by atoms with van der Waals surface area (Å²) in [6, 6.07) is 0. The van der Waals surface area contributed by atoms with Gasteiger partial charge in [0.2, 0.25) is 5.89 Å². The zero-order valence-electron chi connectivity index (χ0n) is 10.3. The Labute approximate surface area is 109 Å². The molecule has 7 heteroatoms. The van der Waals surface area contributed by atoms with Crippen molar-refractivity contribution in [1.29, 1.82) is 0 Å². The zero-order chi connectivity index (χ0) is 12.8. The van der Waals surface area contributed by atoms with E-state index in [9.17, 15) is 0 Å². The summed E-state index contributed by atoms with van der Waals surface area (Å²) in [6.45, 7) is 3.61. The third kappa shape index (κ3) is 3.86. The predicted molar refractivity (Wildman–Crippen MR) is 67.5 cm³/mol. The third-order valence-electron chi connectivity index (χ3n) is 2.24. The van der Waals surface area contributed by atoms with Crippen molar-refractivity contribution in [2.45, 2.75) is 19.8 Å². The minimum atomic E-state index is 0.526. The van der Waals surface area contributed by atoms with Crippen molar-refractivity contribution in [3.8, 4) is 0 Å². The van der Waals surface area contributed by atoms with Gasteiger partial charge in [0, 0.05) is 11.9 Å². The second-order valence-corrected chi connectivity index (χ2v) is 4.85. The van der Waals surface area contributed by atoms with E-state index in [4.69, 9.17) is 15.0 Å². The van der Waals surface area contributed by atoms with E-state index in [1.54, 1.807) is 11.3 Å². The molecular formula is C11H16N4O2S. The van der Waals surface area contributed by atoms with Crippen LogP contribution >= 0.6 is 11.3 Å². The molecule has 0 radical (unpaired) electrons. The number of hydrogen-bond acceptors (Lipinski definition) is 7. The van der Waals surface area contributed by atoms with Crippen LogP contribution in [0.25, 0.3) is 0 Å². The van der Waals surface area contributed by atoms with Gasteiger partial charge in [-0.05, 0) is 6.92 Å². The van der Waals surface area contributed by atoms with E-state index >= 15 is 0 Å². The Hall–Kier alpha value is -1.31. The number of ether oxygens (including phenoxy) is 1. The number of aromatic nitrogens is 3. The van der Waals surface area contributed by atoms with Crippen molar-refractivity contribution in [3.05, 3.63) is 27.8 Å². The lowest BCUT2D eigenvalue weighted by Crippen LogP contribution is -2.10. The fourth-order valence-electron chi connectivity index (χ4n) is 1.46. The Morgan fingerprint density at radius 1 is 1.39 bits per heavy atom. The molecule has 2 heterocycles. The number of nitrogens with zero attached hydrogens (tertiary/aromatic N) is 3. The largest absolute Gasteiger partial charge is 0.380 e. The van der Waals surface area contributed by atoms with E-state index in [0.29, 0.717) is 44.3 Å². The molecule has 2 aromatic heterocycles. The lowest BCUT2D eigenvalue weighted by Gasteiger charge is -1.97. The molecule has 0 aromatic carbocycles. The molecule has 0 aliphatic carbocycles. The van der Waals surface area contributed by atoms with Crippen molar-refractivity contribution >= 4 is 11.3 Å². The fraction of sp³-hybridized carbons (Fsp3) is 0.545. The van der Waals surface area contributed by atoms with Crippen molar-refractivity contribution in [1.82, 2.24) is 15.1 Å². The van der Waals surface area contributed by atoms with Crippen LogP contribution in [0.1, 0.15) is 22.4 Å². The van der Waals surface area contributed by atoms with Gasteiger partial charge < -0.3 is 15.0 Å². The van der Waals surface area contributed by atoms with Gasteiger partial charge in [-0.25, -0.2) is 4.98 Å². The molecule has 0 spiro atoms. The Morgan fingerprint density at radius 3 is 3.00 bits per heavy atom. The van der Waals surface area contributed by atoms with Gasteiger partial charge in [0.15, 0.2) is 5.82 Å². The second-order valence-electron chi connectivity index (χ2n) is 3.79. The molecule has 2 rings (SSSR count). The van der Waals surface area contributed by atoms with Gasteiger partial charge >= 0.3 is 0 Å². The van der Waals surface area contributed by atoms with Gasteiger partial charge in [-0.3, -0.25) is 0 Å².